The third kappa shape index (κ3) is 5.65. The molecule has 12 nitrogen and oxygen atoms in total. The number of carbonyl (C=O) groups excluding carboxylic acids is 2. The number of fused-ring (bicyclic) bond motifs is 1. The van der Waals surface area contributed by atoms with E-state index in [1.54, 1.807) is 32.4 Å². The fraction of sp³-hybridized carbons (Fsp3) is 0.345. The largest absolute Gasteiger partial charge is 0.480 e. The Kier molecular flexibility index (Phi) is 8.14. The van der Waals surface area contributed by atoms with Gasteiger partial charge in [-0.25, -0.2) is 24.5 Å². The zero-order valence-corrected chi connectivity index (χ0v) is 24.3. The molecule has 0 radical (unpaired) electrons. The van der Waals surface area contributed by atoms with Gasteiger partial charge in [0.25, 0.3) is 0 Å². The van der Waals surface area contributed by atoms with Crippen LogP contribution in [-0.2, 0) is 15.0 Å². The number of primary amides is 1. The van der Waals surface area contributed by atoms with Gasteiger partial charge in [0.2, 0.25) is 5.91 Å². The second-order valence-electron chi connectivity index (χ2n) is 10.6. The Labute approximate surface area is 246 Å². The van der Waals surface area contributed by atoms with Gasteiger partial charge < -0.3 is 21.5 Å². The maximum atomic E-state index is 12.7. The Balaban J connectivity index is 1.51. The summed E-state index contributed by atoms with van der Waals surface area (Å²) in [7, 11) is 0. The summed E-state index contributed by atoms with van der Waals surface area (Å²) in [6, 6.07) is 7.25. The number of urea groups is 1. The van der Waals surface area contributed by atoms with Gasteiger partial charge in [0, 0.05) is 36.3 Å². The van der Waals surface area contributed by atoms with Crippen LogP contribution in [0.3, 0.4) is 0 Å². The smallest absolute Gasteiger partial charge is 0.327 e. The Bertz CT molecular complexity index is 1620. The lowest BCUT2D eigenvalue weighted by atomic mass is 9.83. The number of carboxylic acids is 1. The second kappa shape index (κ2) is 11.8. The molecule has 42 heavy (non-hydrogen) atoms. The average Bonchev–Trinajstić information content (AvgIpc) is 3.66. The SMILES string of the molecule is CCN(C(N)=O)c1nc2cc(-c3cnc(C(C)(C)C(NC(=O)[C@@H]4CCCN4)C(=O)O)nc3)cc(-c3ccccn3)c2s1. The minimum absolute atomic E-state index is 0.278. The highest BCUT2D eigenvalue weighted by Gasteiger charge is 2.41. The highest BCUT2D eigenvalue weighted by atomic mass is 32.1. The fourth-order valence-corrected chi connectivity index (χ4v) is 6.18. The summed E-state index contributed by atoms with van der Waals surface area (Å²) in [5, 5.41) is 16.2. The molecule has 5 N–H and O–H groups in total. The number of nitrogens with one attached hydrogen (secondary N) is 2. The van der Waals surface area contributed by atoms with Crippen molar-refractivity contribution in [3.05, 3.63) is 54.7 Å². The van der Waals surface area contributed by atoms with Crippen molar-refractivity contribution in [2.45, 2.75) is 51.1 Å². The van der Waals surface area contributed by atoms with Crippen molar-refractivity contribution in [3.63, 3.8) is 0 Å². The van der Waals surface area contributed by atoms with Crippen LogP contribution in [0.1, 0.15) is 39.4 Å². The zero-order chi connectivity index (χ0) is 30.0. The quantitative estimate of drug-likeness (QED) is 0.228. The monoisotopic (exact) mass is 588 g/mol. The summed E-state index contributed by atoms with van der Waals surface area (Å²) >= 11 is 1.36. The first-order valence-corrected chi connectivity index (χ1v) is 14.4. The fourth-order valence-electron chi connectivity index (χ4n) is 5.04. The molecule has 1 fully saturated rings. The maximum absolute atomic E-state index is 12.7. The number of anilines is 1. The van der Waals surface area contributed by atoms with Gasteiger partial charge in [-0.05, 0) is 56.1 Å². The van der Waals surface area contributed by atoms with E-state index in [2.05, 4.69) is 25.6 Å². The van der Waals surface area contributed by atoms with Crippen LogP contribution in [0.5, 0.6) is 0 Å². The molecule has 13 heteroatoms. The first-order chi connectivity index (χ1) is 20.1. The van der Waals surface area contributed by atoms with Crippen LogP contribution in [-0.4, -0.2) is 68.1 Å². The van der Waals surface area contributed by atoms with Gasteiger partial charge in [0.15, 0.2) is 5.13 Å². The van der Waals surface area contributed by atoms with Gasteiger partial charge in [-0.1, -0.05) is 31.3 Å². The predicted molar refractivity (Wildman–Crippen MR) is 160 cm³/mol. The van der Waals surface area contributed by atoms with E-state index in [1.807, 2.05) is 37.3 Å². The predicted octanol–water partition coefficient (Wildman–Crippen LogP) is 3.32. The lowest BCUT2D eigenvalue weighted by Gasteiger charge is -2.31. The number of pyridine rings is 1. The molecular formula is C29H32N8O4S. The number of carboxylic acid groups (broad SMARTS) is 1. The van der Waals surface area contributed by atoms with Crippen molar-refractivity contribution >= 4 is 44.6 Å². The van der Waals surface area contributed by atoms with E-state index >= 15 is 0 Å². The summed E-state index contributed by atoms with van der Waals surface area (Å²) in [4.78, 5) is 56.7. The molecule has 0 bridgehead atoms. The van der Waals surface area contributed by atoms with Crippen molar-refractivity contribution in [1.29, 1.82) is 0 Å². The first kappa shape index (κ1) is 29.0. The molecule has 4 aromatic rings. The molecule has 1 aliphatic heterocycles. The number of aliphatic carboxylic acids is 1. The Hall–Kier alpha value is -4.49. The summed E-state index contributed by atoms with van der Waals surface area (Å²) in [5.74, 6) is -1.23. The number of thiazole rings is 1. The number of hydrogen-bond acceptors (Lipinski definition) is 9. The van der Waals surface area contributed by atoms with Crippen LogP contribution in [0.15, 0.2) is 48.9 Å². The number of rotatable bonds is 9. The van der Waals surface area contributed by atoms with Crippen LogP contribution >= 0.6 is 11.3 Å². The van der Waals surface area contributed by atoms with Crippen LogP contribution in [0, 0.1) is 0 Å². The Morgan fingerprint density at radius 3 is 2.55 bits per heavy atom. The Morgan fingerprint density at radius 1 is 1.19 bits per heavy atom. The number of amides is 3. The van der Waals surface area contributed by atoms with Crippen LogP contribution in [0.4, 0.5) is 9.93 Å². The van der Waals surface area contributed by atoms with Crippen molar-refractivity contribution in [2.24, 2.45) is 5.73 Å². The van der Waals surface area contributed by atoms with Crippen molar-refractivity contribution < 1.29 is 19.5 Å². The molecule has 1 unspecified atom stereocenters. The second-order valence-corrected chi connectivity index (χ2v) is 11.6. The van der Waals surface area contributed by atoms with E-state index in [4.69, 9.17) is 10.7 Å². The standard InChI is InChI=1S/C29H32N8O4S/c1-4-37(27(30)41)28-35-21-13-16(12-18(22(21)42-28)19-8-5-6-10-31-19)17-14-33-26(34-15-17)29(2,3)23(25(39)40)36-24(38)20-9-7-11-32-20/h5-6,8,10,12-15,20,23,32H,4,7,9,11H2,1-3H3,(H2,30,41)(H,36,38)(H,39,40)/t20-,23?/m0/s1. The van der Waals surface area contributed by atoms with Crippen LogP contribution in [0.25, 0.3) is 32.6 Å². The molecule has 1 saturated heterocycles. The molecule has 3 aromatic heterocycles. The van der Waals surface area contributed by atoms with Crippen molar-refractivity contribution in [2.75, 3.05) is 18.0 Å². The van der Waals surface area contributed by atoms with E-state index in [0.717, 1.165) is 34.5 Å². The molecule has 0 aliphatic carbocycles. The lowest BCUT2D eigenvalue weighted by molar-refractivity contribution is -0.144. The molecular weight excluding hydrogens is 556 g/mol. The molecule has 2 atom stereocenters. The number of nitrogens with two attached hydrogens (primary N) is 1. The van der Waals surface area contributed by atoms with Gasteiger partial charge in [-0.15, -0.1) is 0 Å². The van der Waals surface area contributed by atoms with Gasteiger partial charge in [0.05, 0.1) is 27.4 Å². The van der Waals surface area contributed by atoms with E-state index in [-0.39, 0.29) is 11.7 Å². The van der Waals surface area contributed by atoms with E-state index < -0.39 is 29.5 Å². The topological polar surface area (TPSA) is 176 Å². The van der Waals surface area contributed by atoms with Crippen LogP contribution < -0.4 is 21.3 Å². The number of carbonyl (C=O) groups is 3. The number of hydrogen-bond donors (Lipinski definition) is 4. The summed E-state index contributed by atoms with van der Waals surface area (Å²) in [6.07, 6.45) is 6.48. The summed E-state index contributed by atoms with van der Waals surface area (Å²) in [5.41, 5.74) is 8.13. The molecule has 0 saturated carbocycles. The zero-order valence-electron chi connectivity index (χ0n) is 23.5. The molecule has 5 rings (SSSR count). The van der Waals surface area contributed by atoms with Crippen LogP contribution in [0.2, 0.25) is 0 Å². The number of aromatic nitrogens is 4. The van der Waals surface area contributed by atoms with E-state index in [9.17, 15) is 19.5 Å². The minimum Gasteiger partial charge on any atom is -0.480 e. The number of nitrogens with zero attached hydrogens (tertiary/aromatic N) is 5. The summed E-state index contributed by atoms with van der Waals surface area (Å²) < 4.78 is 0.850. The normalized spacial score (nSPS) is 15.8. The molecule has 0 spiro atoms. The molecule has 218 valence electrons. The van der Waals surface area contributed by atoms with Gasteiger partial charge in [-0.2, -0.15) is 0 Å². The van der Waals surface area contributed by atoms with Crippen molar-refractivity contribution in [3.8, 4) is 22.4 Å². The average molecular weight is 589 g/mol. The molecule has 4 heterocycles. The molecule has 3 amide bonds. The van der Waals surface area contributed by atoms with Crippen molar-refractivity contribution in [1.82, 2.24) is 30.6 Å². The van der Waals surface area contributed by atoms with Gasteiger partial charge >= 0.3 is 12.0 Å². The highest BCUT2D eigenvalue weighted by Crippen LogP contribution is 2.39. The Morgan fingerprint density at radius 2 is 1.95 bits per heavy atom. The maximum Gasteiger partial charge on any atom is 0.327 e. The third-order valence-electron chi connectivity index (χ3n) is 7.43. The van der Waals surface area contributed by atoms with E-state index in [0.29, 0.717) is 29.2 Å². The third-order valence-corrected chi connectivity index (χ3v) is 8.55. The minimum atomic E-state index is -1.23. The highest BCUT2D eigenvalue weighted by molar-refractivity contribution is 7.23. The van der Waals surface area contributed by atoms with Gasteiger partial charge in [0.1, 0.15) is 11.9 Å². The first-order valence-electron chi connectivity index (χ1n) is 13.6. The number of benzene rings is 1. The lowest BCUT2D eigenvalue weighted by Crippen LogP contribution is -2.56. The molecule has 1 aliphatic rings. The summed E-state index contributed by atoms with van der Waals surface area (Å²) in [6.45, 7) is 6.32. The molecule has 1 aromatic carbocycles. The van der Waals surface area contributed by atoms with Gasteiger partial charge in [-0.3, -0.25) is 14.7 Å². The van der Waals surface area contributed by atoms with E-state index in [1.165, 1.54) is 16.2 Å².